The van der Waals surface area contributed by atoms with Crippen LogP contribution in [0.2, 0.25) is 0 Å². The van der Waals surface area contributed by atoms with Gasteiger partial charge in [0.05, 0.1) is 67.1 Å². The molecule has 4 aromatic rings. The third-order valence-corrected chi connectivity index (χ3v) is 7.96. The van der Waals surface area contributed by atoms with E-state index in [0.29, 0.717) is 0 Å². The Kier molecular flexibility index (Phi) is 11.6. The van der Waals surface area contributed by atoms with Crippen molar-refractivity contribution in [2.24, 2.45) is 0 Å². The van der Waals surface area contributed by atoms with Crippen molar-refractivity contribution in [1.29, 1.82) is 0 Å². The lowest BCUT2D eigenvalue weighted by atomic mass is 9.99. The number of hydrogen-bond acceptors (Lipinski definition) is 3. The molecular weight excluding hydrogens is 963 g/mol. The van der Waals surface area contributed by atoms with Gasteiger partial charge in [-0.05, 0) is 36.4 Å². The minimum atomic E-state index is -6.97. The van der Waals surface area contributed by atoms with Crippen LogP contribution in [0, 0.1) is 0 Å². The van der Waals surface area contributed by atoms with Gasteiger partial charge in [-0.3, -0.25) is 0 Å². The summed E-state index contributed by atoms with van der Waals surface area (Å²) >= 11 is 0. The van der Waals surface area contributed by atoms with Gasteiger partial charge in [-0.25, -0.2) is 28.1 Å². The molecule has 348 valence electrons. The Morgan fingerprint density at radius 1 is 0.238 bits per heavy atom. The van der Waals surface area contributed by atoms with Crippen LogP contribution in [0.4, 0.5) is 119 Å². The summed E-state index contributed by atoms with van der Waals surface area (Å²) in [6.07, 6.45) is -61.1. The van der Waals surface area contributed by atoms with Gasteiger partial charge in [0.1, 0.15) is 0 Å². The Hall–Kier alpha value is -5.82. The van der Waals surface area contributed by atoms with Gasteiger partial charge in [0.2, 0.25) is 0 Å². The topological polar surface area (TPSA) is 66.0 Å². The Labute approximate surface area is 323 Å². The average molecular weight is 969 g/mol. The molecule has 6 nitrogen and oxygen atoms in total. The van der Waals surface area contributed by atoms with Crippen LogP contribution in [-0.2, 0) is 55.6 Å². The third-order valence-electron chi connectivity index (χ3n) is 7.96. The fourth-order valence-corrected chi connectivity index (χ4v) is 5.53. The van der Waals surface area contributed by atoms with Crippen LogP contribution in [-0.4, -0.2) is 13.7 Å². The van der Waals surface area contributed by atoms with Crippen LogP contribution in [0.3, 0.4) is 0 Å². The molecule has 63 heavy (non-hydrogen) atoms. The Morgan fingerprint density at radius 3 is 0.460 bits per heavy atom. The largest absolute Gasteiger partial charge is 0.418 e. The van der Waals surface area contributed by atoms with Crippen LogP contribution in [0.25, 0.3) is 17.1 Å². The van der Waals surface area contributed by atoms with E-state index in [1.807, 2.05) is 0 Å². The van der Waals surface area contributed by atoms with Crippen LogP contribution in [0.1, 0.15) is 50.1 Å². The van der Waals surface area contributed by atoms with Gasteiger partial charge < -0.3 is 0 Å². The standard InChI is InChI=1S/C30H6F27N3O3/c31-22(32,33)7-1-10(25(40,41)42)16(11(2-7)26(43,44)45)58-19(61)59(17-12(27(46,47)48)3-8(23(34,35)36)4-13(17)28(49,50)51)21(63)60(20(58)62)18-14(29(52,53)54)5-9(24(37,38)39)6-15(18)30(55,56)57/h1-6H. The quantitative estimate of drug-likeness (QED) is 0.192. The molecule has 0 atom stereocenters. The normalized spacial score (nSPS) is 14.1. The van der Waals surface area contributed by atoms with Crippen molar-refractivity contribution >= 4 is 0 Å². The van der Waals surface area contributed by atoms with Crippen LogP contribution >= 0.6 is 0 Å². The highest BCUT2D eigenvalue weighted by molar-refractivity contribution is 5.58. The molecule has 0 aliphatic heterocycles. The number of aromatic nitrogens is 3. The highest BCUT2D eigenvalue weighted by Gasteiger charge is 2.51. The van der Waals surface area contributed by atoms with Crippen LogP contribution in [0.15, 0.2) is 50.8 Å². The molecule has 0 saturated heterocycles. The maximum atomic E-state index is 14.4. The first-order valence-electron chi connectivity index (χ1n) is 14.9. The molecule has 0 fully saturated rings. The van der Waals surface area contributed by atoms with E-state index in [2.05, 4.69) is 0 Å². The number of alkyl halides is 27. The summed E-state index contributed by atoms with van der Waals surface area (Å²) in [4.78, 5) is 41.5. The van der Waals surface area contributed by atoms with Gasteiger partial charge in [0.25, 0.3) is 0 Å². The van der Waals surface area contributed by atoms with Gasteiger partial charge in [-0.1, -0.05) is 0 Å². The van der Waals surface area contributed by atoms with Crippen molar-refractivity contribution in [1.82, 2.24) is 13.7 Å². The highest BCUT2D eigenvalue weighted by Crippen LogP contribution is 2.48. The zero-order chi connectivity index (χ0) is 49.1. The summed E-state index contributed by atoms with van der Waals surface area (Å²) in [6, 6.07) is -9.18. The molecule has 0 spiro atoms. The summed E-state index contributed by atoms with van der Waals surface area (Å²) in [5, 5.41) is 0. The van der Waals surface area contributed by atoms with E-state index in [1.165, 1.54) is 0 Å². The second kappa shape index (κ2) is 14.6. The van der Waals surface area contributed by atoms with Crippen molar-refractivity contribution < 1.29 is 119 Å². The molecule has 0 saturated carbocycles. The molecule has 1 aromatic heterocycles. The first-order chi connectivity index (χ1) is 27.7. The van der Waals surface area contributed by atoms with Crippen LogP contribution in [0.5, 0.6) is 0 Å². The fourth-order valence-electron chi connectivity index (χ4n) is 5.53. The molecule has 0 radical (unpaired) electrons. The molecule has 3 aromatic carbocycles. The summed E-state index contributed by atoms with van der Waals surface area (Å²) < 4.78 is 375. The first kappa shape index (κ1) is 49.8. The van der Waals surface area contributed by atoms with E-state index in [-0.39, 0.29) is 0 Å². The fraction of sp³-hybridized carbons (Fsp3) is 0.300. The second-order valence-electron chi connectivity index (χ2n) is 12.1. The van der Waals surface area contributed by atoms with Crippen molar-refractivity contribution in [2.75, 3.05) is 0 Å². The van der Waals surface area contributed by atoms with Crippen molar-refractivity contribution in [2.45, 2.75) is 55.6 Å². The van der Waals surface area contributed by atoms with Gasteiger partial charge in [0, 0.05) is 0 Å². The van der Waals surface area contributed by atoms with E-state index in [1.54, 1.807) is 0 Å². The number of nitrogens with zero attached hydrogens (tertiary/aromatic N) is 3. The minimum absolute atomic E-state index is 1.53. The van der Waals surface area contributed by atoms with Crippen molar-refractivity contribution in [3.8, 4) is 17.1 Å². The van der Waals surface area contributed by atoms with Gasteiger partial charge in [0.15, 0.2) is 0 Å². The molecule has 0 bridgehead atoms. The van der Waals surface area contributed by atoms with E-state index in [4.69, 9.17) is 0 Å². The van der Waals surface area contributed by atoms with Crippen LogP contribution < -0.4 is 17.1 Å². The predicted molar refractivity (Wildman–Crippen MR) is 148 cm³/mol. The monoisotopic (exact) mass is 969 g/mol. The van der Waals surface area contributed by atoms with E-state index in [0.717, 1.165) is 0 Å². The molecule has 1 heterocycles. The number of benzene rings is 3. The Balaban J connectivity index is 2.70. The first-order valence-corrected chi connectivity index (χ1v) is 14.9. The number of rotatable bonds is 3. The Bertz CT molecular complexity index is 2230. The molecule has 0 N–H and O–H groups in total. The summed E-state index contributed by atoms with van der Waals surface area (Å²) in [6.45, 7) is 0. The SMILES string of the molecule is O=c1n(-c2c(C(F)(F)F)cc(C(F)(F)F)cc2C(F)(F)F)c(=O)n(-c2c(C(F)(F)F)cc(C(F)(F)F)cc2C(F)(F)F)c(=O)n1-c1c(C(F)(F)F)cc(C(F)(F)F)cc1C(F)(F)F. The number of hydrogen-bond donors (Lipinski definition) is 0. The van der Waals surface area contributed by atoms with Gasteiger partial charge >= 0.3 is 72.7 Å². The van der Waals surface area contributed by atoms with Crippen molar-refractivity contribution in [3.05, 3.63) is 118 Å². The smallest absolute Gasteiger partial charge is 0.246 e. The lowest BCUT2D eigenvalue weighted by molar-refractivity contribution is -0.150. The predicted octanol–water partition coefficient (Wildman–Crippen LogP) is 11.3. The molecule has 0 aliphatic rings. The zero-order valence-corrected chi connectivity index (χ0v) is 28.2. The van der Waals surface area contributed by atoms with Gasteiger partial charge in [-0.15, -0.1) is 0 Å². The van der Waals surface area contributed by atoms with E-state index >= 15 is 0 Å². The maximum Gasteiger partial charge on any atom is 0.418 e. The maximum absolute atomic E-state index is 14.4. The lowest BCUT2D eigenvalue weighted by Crippen LogP contribution is -2.55. The molecule has 33 heteroatoms. The molecular formula is C30H6F27N3O3. The number of halogens is 27. The average Bonchev–Trinajstić information content (AvgIpc) is 3.03. The third kappa shape index (κ3) is 9.44. The molecule has 4 rings (SSSR count). The molecule has 0 amide bonds. The van der Waals surface area contributed by atoms with Gasteiger partial charge in [-0.2, -0.15) is 119 Å². The summed E-state index contributed by atoms with van der Waals surface area (Å²) in [7, 11) is 0. The zero-order valence-electron chi connectivity index (χ0n) is 28.2. The highest BCUT2D eigenvalue weighted by atomic mass is 19.4. The summed E-state index contributed by atoms with van der Waals surface area (Å²) in [5.74, 6) is 0. The lowest BCUT2D eigenvalue weighted by Gasteiger charge is -2.26. The van der Waals surface area contributed by atoms with E-state index < -0.39 is 190 Å². The second-order valence-corrected chi connectivity index (χ2v) is 12.1. The summed E-state index contributed by atoms with van der Waals surface area (Å²) in [5.41, 5.74) is -54.9. The van der Waals surface area contributed by atoms with Crippen molar-refractivity contribution in [3.63, 3.8) is 0 Å². The van der Waals surface area contributed by atoms with E-state index in [9.17, 15) is 133 Å². The minimum Gasteiger partial charge on any atom is -0.246 e. The Morgan fingerprint density at radius 2 is 0.365 bits per heavy atom. The molecule has 0 unspecified atom stereocenters. The molecule has 0 aliphatic carbocycles.